The lowest BCUT2D eigenvalue weighted by atomic mass is 9.95. The molecule has 0 bridgehead atoms. The van der Waals surface area contributed by atoms with Gasteiger partial charge in [-0.2, -0.15) is 0 Å². The largest absolute Gasteiger partial charge is 0.356 e. The smallest absolute Gasteiger partial charge is 0.223 e. The first kappa shape index (κ1) is 8.75. The molecule has 1 aliphatic rings. The molecule has 1 atom stereocenters. The van der Waals surface area contributed by atoms with Gasteiger partial charge >= 0.3 is 0 Å². The van der Waals surface area contributed by atoms with E-state index in [1.807, 2.05) is 6.07 Å². The van der Waals surface area contributed by atoms with Crippen molar-refractivity contribution in [3.63, 3.8) is 0 Å². The third kappa shape index (κ3) is 2.10. The number of nitrogens with one attached hydrogen (secondary N) is 1. The Balaban J connectivity index is 1.97. The summed E-state index contributed by atoms with van der Waals surface area (Å²) in [5.41, 5.74) is 0. The van der Waals surface area contributed by atoms with Crippen molar-refractivity contribution >= 4 is 17.2 Å². The fourth-order valence-electron chi connectivity index (χ4n) is 1.70. The van der Waals surface area contributed by atoms with Gasteiger partial charge < -0.3 is 5.32 Å². The van der Waals surface area contributed by atoms with E-state index in [-0.39, 0.29) is 11.8 Å². The predicted molar refractivity (Wildman–Crippen MR) is 53.8 cm³/mol. The Kier molecular flexibility index (Phi) is 2.64. The van der Waals surface area contributed by atoms with E-state index in [1.165, 1.54) is 4.88 Å². The molecule has 1 aromatic heterocycles. The highest BCUT2D eigenvalue weighted by atomic mass is 32.1. The number of carbonyl (C=O) groups is 1. The summed E-state index contributed by atoms with van der Waals surface area (Å²) in [5.74, 6) is 0.451. The summed E-state index contributed by atoms with van der Waals surface area (Å²) >= 11 is 1.74. The van der Waals surface area contributed by atoms with Crippen molar-refractivity contribution in [3.8, 4) is 0 Å². The van der Waals surface area contributed by atoms with Crippen LogP contribution in [0.1, 0.15) is 17.7 Å². The van der Waals surface area contributed by atoms with Gasteiger partial charge in [0.15, 0.2) is 0 Å². The first-order chi connectivity index (χ1) is 6.36. The van der Waals surface area contributed by atoms with Gasteiger partial charge in [0.2, 0.25) is 5.91 Å². The zero-order valence-corrected chi connectivity index (χ0v) is 8.27. The molecule has 70 valence electrons. The van der Waals surface area contributed by atoms with E-state index in [0.717, 1.165) is 25.8 Å². The topological polar surface area (TPSA) is 29.1 Å². The van der Waals surface area contributed by atoms with E-state index in [0.29, 0.717) is 0 Å². The Morgan fingerprint density at radius 1 is 1.62 bits per heavy atom. The highest BCUT2D eigenvalue weighted by Gasteiger charge is 2.22. The van der Waals surface area contributed by atoms with E-state index in [1.54, 1.807) is 11.3 Å². The molecule has 1 unspecified atom stereocenters. The fraction of sp³-hybridized carbons (Fsp3) is 0.500. The number of hydrogen-bond acceptors (Lipinski definition) is 2. The molecule has 1 aliphatic heterocycles. The molecular weight excluding hydrogens is 182 g/mol. The maximum absolute atomic E-state index is 11.4. The molecule has 0 radical (unpaired) electrons. The van der Waals surface area contributed by atoms with E-state index in [4.69, 9.17) is 0 Å². The van der Waals surface area contributed by atoms with Gasteiger partial charge in [0, 0.05) is 17.3 Å². The molecule has 1 amide bonds. The van der Waals surface area contributed by atoms with Gasteiger partial charge in [0.05, 0.1) is 0 Å². The summed E-state index contributed by atoms with van der Waals surface area (Å²) < 4.78 is 0. The molecule has 0 spiro atoms. The zero-order valence-electron chi connectivity index (χ0n) is 7.45. The van der Waals surface area contributed by atoms with Crippen LogP contribution in [0.3, 0.4) is 0 Å². The quantitative estimate of drug-likeness (QED) is 0.766. The normalized spacial score (nSPS) is 22.8. The van der Waals surface area contributed by atoms with E-state index >= 15 is 0 Å². The molecule has 1 fully saturated rings. The van der Waals surface area contributed by atoms with Gasteiger partial charge in [0.1, 0.15) is 0 Å². The van der Waals surface area contributed by atoms with Crippen LogP contribution in [0.4, 0.5) is 0 Å². The van der Waals surface area contributed by atoms with Crippen LogP contribution in [-0.2, 0) is 11.2 Å². The van der Waals surface area contributed by atoms with Crippen molar-refractivity contribution < 1.29 is 4.79 Å². The lowest BCUT2D eigenvalue weighted by Gasteiger charge is -2.20. The van der Waals surface area contributed by atoms with Crippen molar-refractivity contribution in [2.45, 2.75) is 19.3 Å². The first-order valence-corrected chi connectivity index (χ1v) is 5.54. The van der Waals surface area contributed by atoms with Gasteiger partial charge in [-0.15, -0.1) is 11.3 Å². The Morgan fingerprint density at radius 2 is 2.54 bits per heavy atom. The lowest BCUT2D eigenvalue weighted by molar-refractivity contribution is -0.126. The highest BCUT2D eigenvalue weighted by Crippen LogP contribution is 2.20. The second-order valence-electron chi connectivity index (χ2n) is 3.41. The molecule has 2 heterocycles. The summed E-state index contributed by atoms with van der Waals surface area (Å²) in [6.45, 7) is 0.861. The van der Waals surface area contributed by atoms with Gasteiger partial charge in [-0.3, -0.25) is 4.79 Å². The third-order valence-corrected chi connectivity index (χ3v) is 3.33. The molecule has 0 aliphatic carbocycles. The molecule has 1 aromatic rings. The van der Waals surface area contributed by atoms with Crippen molar-refractivity contribution in [1.29, 1.82) is 0 Å². The van der Waals surface area contributed by atoms with Crippen molar-refractivity contribution in [1.82, 2.24) is 5.32 Å². The maximum Gasteiger partial charge on any atom is 0.223 e. The maximum atomic E-state index is 11.4. The standard InChI is InChI=1S/C10H13NOS/c12-10-8(3-1-5-11-10)7-9-4-2-6-13-9/h2,4,6,8H,1,3,5,7H2,(H,11,12). The number of thiophene rings is 1. The molecule has 0 aromatic carbocycles. The minimum absolute atomic E-state index is 0.215. The van der Waals surface area contributed by atoms with E-state index < -0.39 is 0 Å². The van der Waals surface area contributed by atoms with Crippen LogP contribution in [-0.4, -0.2) is 12.5 Å². The van der Waals surface area contributed by atoms with Crippen LogP contribution in [0.5, 0.6) is 0 Å². The monoisotopic (exact) mass is 195 g/mol. The van der Waals surface area contributed by atoms with Gasteiger partial charge in [-0.1, -0.05) is 6.07 Å². The minimum Gasteiger partial charge on any atom is -0.356 e. The Labute approximate surface area is 82.0 Å². The molecule has 1 saturated heterocycles. The van der Waals surface area contributed by atoms with Crippen LogP contribution >= 0.6 is 11.3 Å². The fourth-order valence-corrected chi connectivity index (χ4v) is 2.49. The average molecular weight is 195 g/mol. The van der Waals surface area contributed by atoms with Crippen LogP contribution in [0.2, 0.25) is 0 Å². The number of amides is 1. The predicted octanol–water partition coefficient (Wildman–Crippen LogP) is 1.82. The molecule has 2 rings (SSSR count). The molecule has 13 heavy (non-hydrogen) atoms. The second kappa shape index (κ2) is 3.92. The van der Waals surface area contributed by atoms with Gasteiger partial charge in [0.25, 0.3) is 0 Å². The summed E-state index contributed by atoms with van der Waals surface area (Å²) in [7, 11) is 0. The molecule has 0 saturated carbocycles. The SMILES string of the molecule is O=C1NCCCC1Cc1cccs1. The minimum atomic E-state index is 0.215. The Hall–Kier alpha value is -0.830. The van der Waals surface area contributed by atoms with E-state index in [2.05, 4.69) is 16.8 Å². The number of hydrogen-bond donors (Lipinski definition) is 1. The molecule has 3 heteroatoms. The summed E-state index contributed by atoms with van der Waals surface area (Å²) in [5, 5.41) is 4.98. The van der Waals surface area contributed by atoms with Crippen molar-refractivity contribution in [2.75, 3.05) is 6.54 Å². The Morgan fingerprint density at radius 3 is 3.23 bits per heavy atom. The lowest BCUT2D eigenvalue weighted by Crippen LogP contribution is -2.37. The first-order valence-electron chi connectivity index (χ1n) is 4.66. The van der Waals surface area contributed by atoms with Crippen LogP contribution in [0.25, 0.3) is 0 Å². The summed E-state index contributed by atoms with van der Waals surface area (Å²) in [6, 6.07) is 4.15. The van der Waals surface area contributed by atoms with Crippen LogP contribution in [0.15, 0.2) is 17.5 Å². The van der Waals surface area contributed by atoms with E-state index in [9.17, 15) is 4.79 Å². The Bertz CT molecular complexity index is 281. The summed E-state index contributed by atoms with van der Waals surface area (Å²) in [4.78, 5) is 12.7. The second-order valence-corrected chi connectivity index (χ2v) is 4.45. The molecule has 2 nitrogen and oxygen atoms in total. The van der Waals surface area contributed by atoms with Gasteiger partial charge in [-0.05, 0) is 30.7 Å². The van der Waals surface area contributed by atoms with Gasteiger partial charge in [-0.25, -0.2) is 0 Å². The third-order valence-electron chi connectivity index (χ3n) is 2.43. The molecule has 1 N–H and O–H groups in total. The molecular formula is C10H13NOS. The number of rotatable bonds is 2. The average Bonchev–Trinajstić information content (AvgIpc) is 2.61. The van der Waals surface area contributed by atoms with Crippen LogP contribution in [0, 0.1) is 5.92 Å². The van der Waals surface area contributed by atoms with Crippen molar-refractivity contribution in [3.05, 3.63) is 22.4 Å². The summed E-state index contributed by atoms with van der Waals surface area (Å²) in [6.07, 6.45) is 3.09. The number of carbonyl (C=O) groups excluding carboxylic acids is 1. The van der Waals surface area contributed by atoms with Crippen molar-refractivity contribution in [2.24, 2.45) is 5.92 Å². The highest BCUT2D eigenvalue weighted by molar-refractivity contribution is 7.09. The number of piperidine rings is 1. The zero-order chi connectivity index (χ0) is 9.10. The van der Waals surface area contributed by atoms with Crippen LogP contribution < -0.4 is 5.32 Å².